The third kappa shape index (κ3) is 8.13. The van der Waals surface area contributed by atoms with Crippen LogP contribution in [0.25, 0.3) is 0 Å². The van der Waals surface area contributed by atoms with Crippen molar-refractivity contribution in [2.75, 3.05) is 12.8 Å². The summed E-state index contributed by atoms with van der Waals surface area (Å²) in [7, 11) is 1.55. The molecule has 2 unspecified atom stereocenters. The van der Waals surface area contributed by atoms with Gasteiger partial charge in [0.2, 0.25) is 11.8 Å². The second kappa shape index (κ2) is 11.7. The van der Waals surface area contributed by atoms with Gasteiger partial charge < -0.3 is 20.3 Å². The lowest BCUT2D eigenvalue weighted by Crippen LogP contribution is -2.52. The summed E-state index contributed by atoms with van der Waals surface area (Å²) in [4.78, 5) is 40.1. The lowest BCUT2D eigenvalue weighted by Gasteiger charge is -2.31. The summed E-state index contributed by atoms with van der Waals surface area (Å²) in [6.45, 7) is 7.46. The minimum atomic E-state index is -0.956. The average molecular weight is 472 g/mol. The summed E-state index contributed by atoms with van der Waals surface area (Å²) in [5, 5.41) is 5.48. The molecule has 0 aliphatic rings. The Bertz CT molecular complexity index is 960. The van der Waals surface area contributed by atoms with Gasteiger partial charge in [-0.25, -0.2) is 4.79 Å². The molecule has 0 saturated heterocycles. The zero-order valence-corrected chi connectivity index (χ0v) is 20.7. The van der Waals surface area contributed by atoms with Crippen molar-refractivity contribution in [2.24, 2.45) is 0 Å². The molecule has 3 amide bonds. The van der Waals surface area contributed by atoms with Gasteiger partial charge in [0.25, 0.3) is 0 Å². The van der Waals surface area contributed by atoms with Crippen molar-refractivity contribution in [1.29, 1.82) is 0 Å². The Hall–Kier alpha value is -3.00. The van der Waals surface area contributed by atoms with Gasteiger partial charge in [0.1, 0.15) is 17.7 Å². The molecule has 0 saturated carbocycles. The molecule has 0 fully saturated rings. The highest BCUT2D eigenvalue weighted by molar-refractivity contribution is 7.80. The maximum atomic E-state index is 13.3. The lowest BCUT2D eigenvalue weighted by atomic mass is 10.0. The van der Waals surface area contributed by atoms with Crippen molar-refractivity contribution in [1.82, 2.24) is 15.5 Å². The van der Waals surface area contributed by atoms with E-state index < -0.39 is 29.7 Å². The Balaban J connectivity index is 2.24. The van der Waals surface area contributed by atoms with Crippen molar-refractivity contribution in [3.8, 4) is 0 Å². The van der Waals surface area contributed by atoms with Gasteiger partial charge in [0.15, 0.2) is 0 Å². The van der Waals surface area contributed by atoms with Crippen LogP contribution in [0.1, 0.15) is 43.5 Å². The number of amides is 3. The summed E-state index contributed by atoms with van der Waals surface area (Å²) in [6, 6.07) is 15.1. The number of carbonyl (C=O) groups excluding carboxylic acids is 3. The van der Waals surface area contributed by atoms with Gasteiger partial charge in [0.05, 0.1) is 0 Å². The zero-order chi connectivity index (χ0) is 24.6. The second-order valence-corrected chi connectivity index (χ2v) is 9.22. The van der Waals surface area contributed by atoms with E-state index in [1.54, 1.807) is 33.9 Å². The molecule has 2 aromatic carbocycles. The van der Waals surface area contributed by atoms with Crippen LogP contribution in [-0.2, 0) is 20.9 Å². The molecule has 2 rings (SSSR count). The number of alkyl carbamates (subject to hydrolysis) is 1. The summed E-state index contributed by atoms with van der Waals surface area (Å²) in [5.74, 6) is -0.720. The number of benzene rings is 2. The first-order valence-electron chi connectivity index (χ1n) is 10.8. The van der Waals surface area contributed by atoms with Gasteiger partial charge in [-0.05, 0) is 38.8 Å². The quantitative estimate of drug-likeness (QED) is 0.513. The number of hydrogen-bond donors (Lipinski definition) is 3. The second-order valence-electron chi connectivity index (χ2n) is 8.85. The highest BCUT2D eigenvalue weighted by atomic mass is 32.1. The molecule has 7 nitrogen and oxygen atoms in total. The van der Waals surface area contributed by atoms with Gasteiger partial charge in [0, 0.05) is 19.3 Å². The van der Waals surface area contributed by atoms with Crippen LogP contribution >= 0.6 is 12.6 Å². The van der Waals surface area contributed by atoms with Crippen molar-refractivity contribution in [3.05, 3.63) is 71.3 Å². The first-order valence-corrected chi connectivity index (χ1v) is 11.4. The van der Waals surface area contributed by atoms with E-state index in [9.17, 15) is 14.4 Å². The number of ether oxygens (including phenoxy) is 1. The minimum absolute atomic E-state index is 0.0502. The Morgan fingerprint density at radius 2 is 1.73 bits per heavy atom. The third-order valence-corrected chi connectivity index (χ3v) is 5.19. The fraction of sp³-hybridized carbons (Fsp3) is 0.400. The number of carbonyl (C=O) groups is 3. The Morgan fingerprint density at radius 1 is 1.06 bits per heavy atom. The number of aryl methyl sites for hydroxylation is 1. The number of rotatable bonds is 8. The Morgan fingerprint density at radius 3 is 2.30 bits per heavy atom. The molecule has 8 heteroatoms. The van der Waals surface area contributed by atoms with Crippen molar-refractivity contribution in [3.63, 3.8) is 0 Å². The number of nitrogens with zero attached hydrogens (tertiary/aromatic N) is 1. The summed E-state index contributed by atoms with van der Waals surface area (Å²) < 4.78 is 5.26. The zero-order valence-electron chi connectivity index (χ0n) is 19.8. The number of likely N-dealkylation sites (N-methyl/N-ethyl adjacent to an activating group) is 1. The van der Waals surface area contributed by atoms with Crippen LogP contribution in [0.4, 0.5) is 4.79 Å². The smallest absolute Gasteiger partial charge is 0.408 e. The van der Waals surface area contributed by atoms with E-state index in [1.165, 1.54) is 4.90 Å². The largest absolute Gasteiger partial charge is 0.444 e. The SMILES string of the molecule is Cc1cccc(C(C(=O)NCc2ccccc2)N(C)C(=O)C(CS)NC(=O)OC(C)(C)C)c1. The fourth-order valence-corrected chi connectivity index (χ4v) is 3.53. The molecule has 2 atom stereocenters. The van der Waals surface area contributed by atoms with Gasteiger partial charge in [-0.15, -0.1) is 0 Å². The molecule has 0 heterocycles. The van der Waals surface area contributed by atoms with Gasteiger partial charge in [-0.2, -0.15) is 12.6 Å². The molecule has 0 aromatic heterocycles. The maximum absolute atomic E-state index is 13.3. The standard InChI is InChI=1S/C25H33N3O4S/c1-17-10-9-13-19(14-17)21(22(29)26-15-18-11-7-6-8-12-18)28(5)23(30)20(16-33)27-24(31)32-25(2,3)4/h6-14,20-21,33H,15-16H2,1-5H3,(H,26,29)(H,27,31). The van der Waals surface area contributed by atoms with E-state index in [0.29, 0.717) is 12.1 Å². The maximum Gasteiger partial charge on any atom is 0.408 e. The minimum Gasteiger partial charge on any atom is -0.444 e. The molecule has 2 N–H and O–H groups in total. The number of thiol groups is 1. The predicted octanol–water partition coefficient (Wildman–Crippen LogP) is 3.63. The normalized spacial score (nSPS) is 12.9. The molecule has 0 bridgehead atoms. The van der Waals surface area contributed by atoms with Gasteiger partial charge in [-0.1, -0.05) is 60.2 Å². The predicted molar refractivity (Wildman–Crippen MR) is 132 cm³/mol. The van der Waals surface area contributed by atoms with E-state index in [1.807, 2.05) is 55.5 Å². The molecule has 0 radical (unpaired) electrons. The number of nitrogens with one attached hydrogen (secondary N) is 2. The lowest BCUT2D eigenvalue weighted by molar-refractivity contribution is -0.140. The Labute approximate surface area is 201 Å². The van der Waals surface area contributed by atoms with E-state index in [0.717, 1.165) is 11.1 Å². The van der Waals surface area contributed by atoms with Crippen molar-refractivity contribution < 1.29 is 19.1 Å². The van der Waals surface area contributed by atoms with E-state index >= 15 is 0 Å². The van der Waals surface area contributed by atoms with Gasteiger partial charge in [-0.3, -0.25) is 9.59 Å². The molecule has 2 aromatic rings. The van der Waals surface area contributed by atoms with Crippen LogP contribution in [0.15, 0.2) is 54.6 Å². The highest BCUT2D eigenvalue weighted by Crippen LogP contribution is 2.22. The molecular formula is C25H33N3O4S. The van der Waals surface area contributed by atoms with Gasteiger partial charge >= 0.3 is 6.09 Å². The third-order valence-electron chi connectivity index (χ3n) is 4.82. The first-order chi connectivity index (χ1) is 15.5. The van der Waals surface area contributed by atoms with E-state index in [2.05, 4.69) is 23.3 Å². The van der Waals surface area contributed by atoms with E-state index in [-0.39, 0.29) is 11.7 Å². The summed E-state index contributed by atoms with van der Waals surface area (Å²) in [5.41, 5.74) is 1.88. The van der Waals surface area contributed by atoms with Crippen LogP contribution in [0.5, 0.6) is 0 Å². The molecule has 178 valence electrons. The Kier molecular flexibility index (Phi) is 9.34. The summed E-state index contributed by atoms with van der Waals surface area (Å²) >= 11 is 4.23. The van der Waals surface area contributed by atoms with Crippen LogP contribution in [0.2, 0.25) is 0 Å². The highest BCUT2D eigenvalue weighted by Gasteiger charge is 2.33. The summed E-state index contributed by atoms with van der Waals surface area (Å²) in [6.07, 6.45) is -0.719. The van der Waals surface area contributed by atoms with Crippen molar-refractivity contribution >= 4 is 30.5 Å². The molecule has 0 aliphatic carbocycles. The molecule has 0 spiro atoms. The van der Waals surface area contributed by atoms with Crippen LogP contribution in [0.3, 0.4) is 0 Å². The molecule has 0 aliphatic heterocycles. The average Bonchev–Trinajstić information content (AvgIpc) is 2.75. The van der Waals surface area contributed by atoms with Crippen molar-refractivity contribution in [2.45, 2.75) is 51.9 Å². The fourth-order valence-electron chi connectivity index (χ4n) is 3.28. The van der Waals surface area contributed by atoms with Crippen LogP contribution < -0.4 is 10.6 Å². The first kappa shape index (κ1) is 26.3. The van der Waals surface area contributed by atoms with Crippen LogP contribution in [0, 0.1) is 6.92 Å². The molecule has 33 heavy (non-hydrogen) atoms. The van der Waals surface area contributed by atoms with E-state index in [4.69, 9.17) is 4.74 Å². The van der Waals surface area contributed by atoms with Crippen LogP contribution in [-0.4, -0.2) is 47.3 Å². The number of hydrogen-bond acceptors (Lipinski definition) is 5. The monoisotopic (exact) mass is 471 g/mol. The topological polar surface area (TPSA) is 87.7 Å². The molecular weight excluding hydrogens is 438 g/mol.